The van der Waals surface area contributed by atoms with Crippen LogP contribution < -0.4 is 10.1 Å². The highest BCUT2D eigenvalue weighted by molar-refractivity contribution is 7.99. The van der Waals surface area contributed by atoms with Crippen LogP contribution in [0.1, 0.15) is 17.3 Å². The topological polar surface area (TPSA) is 108 Å². The average Bonchev–Trinajstić information content (AvgIpc) is 2.79. The predicted octanol–water partition coefficient (Wildman–Crippen LogP) is 5.08. The van der Waals surface area contributed by atoms with E-state index in [4.69, 9.17) is 9.47 Å². The van der Waals surface area contributed by atoms with Crippen LogP contribution in [0.2, 0.25) is 0 Å². The standard InChI is InChI=1S/C23H19FN2O6S/c1-2-31-22(27)14-32-17-7-5-6-15(12-17)25-23(28)18-13-16(26(29)30)10-11-20(18)33-21-9-4-3-8-19(21)24/h3-13H,2,14H2,1H3,(H,25,28). The molecule has 0 atom stereocenters. The van der Waals surface area contributed by atoms with E-state index in [-0.39, 0.29) is 29.4 Å². The first kappa shape index (κ1) is 23.7. The van der Waals surface area contributed by atoms with Gasteiger partial charge in [0, 0.05) is 33.7 Å². The van der Waals surface area contributed by atoms with Crippen molar-refractivity contribution >= 4 is 35.0 Å². The average molecular weight is 470 g/mol. The highest BCUT2D eigenvalue weighted by Gasteiger charge is 2.19. The van der Waals surface area contributed by atoms with Crippen molar-refractivity contribution in [1.82, 2.24) is 0 Å². The molecule has 0 spiro atoms. The summed E-state index contributed by atoms with van der Waals surface area (Å²) in [5, 5.41) is 13.9. The molecular formula is C23H19FN2O6S. The Morgan fingerprint density at radius 2 is 1.85 bits per heavy atom. The highest BCUT2D eigenvalue weighted by Crippen LogP contribution is 2.34. The molecule has 3 aromatic rings. The first-order valence-corrected chi connectivity index (χ1v) is 10.6. The zero-order valence-corrected chi connectivity index (χ0v) is 18.3. The van der Waals surface area contributed by atoms with Crippen molar-refractivity contribution in [3.05, 3.63) is 88.2 Å². The molecule has 33 heavy (non-hydrogen) atoms. The first-order valence-electron chi connectivity index (χ1n) is 9.78. The second kappa shape index (κ2) is 11.1. The van der Waals surface area contributed by atoms with E-state index >= 15 is 0 Å². The normalized spacial score (nSPS) is 10.4. The molecule has 0 bridgehead atoms. The lowest BCUT2D eigenvalue weighted by molar-refractivity contribution is -0.384. The molecule has 0 aromatic heterocycles. The van der Waals surface area contributed by atoms with Gasteiger partial charge in [0.2, 0.25) is 0 Å². The van der Waals surface area contributed by atoms with E-state index in [1.165, 1.54) is 24.3 Å². The van der Waals surface area contributed by atoms with Gasteiger partial charge in [0.25, 0.3) is 11.6 Å². The summed E-state index contributed by atoms with van der Waals surface area (Å²) in [6.45, 7) is 1.62. The number of carbonyl (C=O) groups is 2. The number of carbonyl (C=O) groups excluding carboxylic acids is 2. The maximum absolute atomic E-state index is 14.1. The molecule has 0 radical (unpaired) electrons. The monoisotopic (exact) mass is 470 g/mol. The maximum Gasteiger partial charge on any atom is 0.344 e. The Morgan fingerprint density at radius 1 is 1.06 bits per heavy atom. The fourth-order valence-electron chi connectivity index (χ4n) is 2.75. The van der Waals surface area contributed by atoms with E-state index in [0.717, 1.165) is 17.8 Å². The number of nitro benzene ring substituents is 1. The highest BCUT2D eigenvalue weighted by atomic mass is 32.2. The molecule has 0 unspecified atom stereocenters. The number of esters is 1. The maximum atomic E-state index is 14.1. The Kier molecular flexibility index (Phi) is 7.98. The smallest absolute Gasteiger partial charge is 0.344 e. The molecule has 0 saturated carbocycles. The van der Waals surface area contributed by atoms with Crippen molar-refractivity contribution in [2.45, 2.75) is 16.7 Å². The zero-order valence-electron chi connectivity index (χ0n) is 17.4. The lowest BCUT2D eigenvalue weighted by Crippen LogP contribution is -2.15. The van der Waals surface area contributed by atoms with Crippen LogP contribution in [0.4, 0.5) is 15.8 Å². The van der Waals surface area contributed by atoms with Gasteiger partial charge < -0.3 is 14.8 Å². The van der Waals surface area contributed by atoms with Crippen molar-refractivity contribution < 1.29 is 28.4 Å². The van der Waals surface area contributed by atoms with Gasteiger partial charge in [-0.2, -0.15) is 0 Å². The number of ether oxygens (including phenoxy) is 2. The predicted molar refractivity (Wildman–Crippen MR) is 120 cm³/mol. The van der Waals surface area contributed by atoms with Crippen molar-refractivity contribution in [1.29, 1.82) is 0 Å². The lowest BCUT2D eigenvalue weighted by Gasteiger charge is -2.12. The largest absolute Gasteiger partial charge is 0.482 e. The van der Waals surface area contributed by atoms with Crippen LogP contribution in [0.5, 0.6) is 5.75 Å². The second-order valence-electron chi connectivity index (χ2n) is 6.55. The fraction of sp³-hybridized carbons (Fsp3) is 0.130. The third-order valence-corrected chi connectivity index (χ3v) is 5.36. The minimum Gasteiger partial charge on any atom is -0.482 e. The Bertz CT molecular complexity index is 1190. The van der Waals surface area contributed by atoms with Gasteiger partial charge in [-0.15, -0.1) is 0 Å². The summed E-state index contributed by atoms with van der Waals surface area (Å²) in [5.41, 5.74) is 0.0783. The number of rotatable bonds is 9. The molecule has 0 aliphatic rings. The van der Waals surface area contributed by atoms with Gasteiger partial charge in [-0.1, -0.05) is 30.0 Å². The number of hydrogen-bond acceptors (Lipinski definition) is 7. The van der Waals surface area contributed by atoms with Crippen molar-refractivity contribution in [2.75, 3.05) is 18.5 Å². The van der Waals surface area contributed by atoms with Crippen LogP contribution in [0, 0.1) is 15.9 Å². The number of nitro groups is 1. The van der Waals surface area contributed by atoms with Crippen LogP contribution in [-0.4, -0.2) is 30.0 Å². The Hall–Kier alpha value is -3.92. The summed E-state index contributed by atoms with van der Waals surface area (Å²) >= 11 is 0.985. The van der Waals surface area contributed by atoms with E-state index < -0.39 is 22.6 Å². The minimum atomic E-state index is -0.625. The molecule has 10 heteroatoms. The van der Waals surface area contributed by atoms with Gasteiger partial charge in [0.1, 0.15) is 11.6 Å². The van der Waals surface area contributed by atoms with E-state index in [1.807, 2.05) is 0 Å². The van der Waals surface area contributed by atoms with Crippen LogP contribution >= 0.6 is 11.8 Å². The molecule has 0 fully saturated rings. The Morgan fingerprint density at radius 3 is 2.58 bits per heavy atom. The SMILES string of the molecule is CCOC(=O)COc1cccc(NC(=O)c2cc([N+](=O)[O-])ccc2Sc2ccccc2F)c1. The number of nitrogens with one attached hydrogen (secondary N) is 1. The summed E-state index contributed by atoms with van der Waals surface area (Å²) in [6.07, 6.45) is 0. The second-order valence-corrected chi connectivity index (χ2v) is 7.63. The molecule has 3 rings (SSSR count). The van der Waals surface area contributed by atoms with Crippen molar-refractivity contribution in [3.63, 3.8) is 0 Å². The number of amides is 1. The van der Waals surface area contributed by atoms with E-state index in [0.29, 0.717) is 16.3 Å². The van der Waals surface area contributed by atoms with Crippen LogP contribution in [0.15, 0.2) is 76.5 Å². The van der Waals surface area contributed by atoms with Crippen molar-refractivity contribution in [3.8, 4) is 5.75 Å². The molecule has 3 aromatic carbocycles. The van der Waals surface area contributed by atoms with Gasteiger partial charge in [-0.05, 0) is 37.3 Å². The van der Waals surface area contributed by atoms with E-state index in [2.05, 4.69) is 5.32 Å². The number of nitrogens with zero attached hydrogens (tertiary/aromatic N) is 1. The summed E-state index contributed by atoms with van der Waals surface area (Å²) in [4.78, 5) is 35.7. The number of benzene rings is 3. The molecule has 0 aliphatic carbocycles. The molecule has 170 valence electrons. The molecule has 0 heterocycles. The minimum absolute atomic E-state index is 0.00954. The molecule has 1 amide bonds. The fourth-order valence-corrected chi connectivity index (χ4v) is 3.70. The van der Waals surface area contributed by atoms with Gasteiger partial charge in [-0.25, -0.2) is 9.18 Å². The Labute approximate surface area is 192 Å². The molecular weight excluding hydrogens is 451 g/mol. The number of anilines is 1. The molecule has 1 N–H and O–H groups in total. The van der Waals surface area contributed by atoms with Gasteiger partial charge in [0.05, 0.1) is 17.1 Å². The van der Waals surface area contributed by atoms with Gasteiger partial charge in [-0.3, -0.25) is 14.9 Å². The molecule has 0 saturated heterocycles. The van der Waals surface area contributed by atoms with Crippen molar-refractivity contribution in [2.24, 2.45) is 0 Å². The summed E-state index contributed by atoms with van der Waals surface area (Å²) in [6, 6.07) is 16.1. The first-order chi connectivity index (χ1) is 15.9. The quantitative estimate of drug-likeness (QED) is 0.264. The number of hydrogen-bond donors (Lipinski definition) is 1. The summed E-state index contributed by atoms with van der Waals surface area (Å²) < 4.78 is 24.3. The van der Waals surface area contributed by atoms with E-state index in [1.54, 1.807) is 43.3 Å². The molecule has 0 aliphatic heterocycles. The number of halogens is 1. The van der Waals surface area contributed by atoms with Gasteiger partial charge in [0.15, 0.2) is 6.61 Å². The van der Waals surface area contributed by atoms with E-state index in [9.17, 15) is 24.1 Å². The van der Waals surface area contributed by atoms with Crippen LogP contribution in [-0.2, 0) is 9.53 Å². The third kappa shape index (κ3) is 6.53. The van der Waals surface area contributed by atoms with Gasteiger partial charge >= 0.3 is 5.97 Å². The summed E-state index contributed by atoms with van der Waals surface area (Å²) in [5.74, 6) is -1.31. The Balaban J connectivity index is 1.83. The summed E-state index contributed by atoms with van der Waals surface area (Å²) in [7, 11) is 0. The third-order valence-electron chi connectivity index (χ3n) is 4.23. The number of non-ortho nitro benzene ring substituents is 1. The zero-order chi connectivity index (χ0) is 23.8. The molecule has 8 nitrogen and oxygen atoms in total. The lowest BCUT2D eigenvalue weighted by atomic mass is 10.1. The van der Waals surface area contributed by atoms with Crippen LogP contribution in [0.25, 0.3) is 0 Å². The van der Waals surface area contributed by atoms with Crippen LogP contribution in [0.3, 0.4) is 0 Å².